The summed E-state index contributed by atoms with van der Waals surface area (Å²) in [4.78, 5) is 24.6. The molecule has 0 aromatic heterocycles. The number of carbonyl (C=O) groups excluding carboxylic acids is 2. The Morgan fingerprint density at radius 2 is 1.55 bits per heavy atom. The summed E-state index contributed by atoms with van der Waals surface area (Å²) < 4.78 is 32.4. The minimum Gasteiger partial charge on any atom is -0.451 e. The molecule has 7 heteroatoms. The van der Waals surface area contributed by atoms with Gasteiger partial charge in [-0.05, 0) is 43.5 Å². The smallest absolute Gasteiger partial charge is 0.331 e. The summed E-state index contributed by atoms with van der Waals surface area (Å²) in [5.74, 6) is -0.913. The van der Waals surface area contributed by atoms with Crippen molar-refractivity contribution in [3.05, 3.63) is 71.8 Å². The van der Waals surface area contributed by atoms with Crippen LogP contribution in [-0.2, 0) is 19.6 Å². The lowest BCUT2D eigenvalue weighted by Gasteiger charge is -2.19. The monoisotopic (exact) mass is 441 g/mol. The number of ether oxygens (including phenoxy) is 1. The summed E-state index contributed by atoms with van der Waals surface area (Å²) in [6, 6.07) is 15.0. The van der Waals surface area contributed by atoms with Crippen LogP contribution in [-0.4, -0.2) is 43.7 Å². The van der Waals surface area contributed by atoms with Gasteiger partial charge in [0.1, 0.15) is 0 Å². The summed E-state index contributed by atoms with van der Waals surface area (Å²) in [7, 11) is -3.51. The zero-order chi connectivity index (χ0) is 22.3. The number of carbonyl (C=O) groups is 2. The molecule has 2 aromatic rings. The van der Waals surface area contributed by atoms with Crippen LogP contribution in [0.15, 0.2) is 65.6 Å². The maximum Gasteiger partial charge on any atom is 0.331 e. The van der Waals surface area contributed by atoms with Gasteiger partial charge in [0.05, 0.1) is 4.90 Å². The predicted octanol–water partition coefficient (Wildman–Crippen LogP) is 4.08. The Kier molecular flexibility index (Phi) is 7.76. The number of Topliss-reactive ketones (excluding diaryl/α,β-unsaturated/α-hetero) is 1. The number of benzene rings is 2. The number of esters is 1. The van der Waals surface area contributed by atoms with E-state index in [1.54, 1.807) is 58.9 Å². The van der Waals surface area contributed by atoms with E-state index in [1.807, 2.05) is 0 Å². The van der Waals surface area contributed by atoms with Crippen LogP contribution in [0.4, 0.5) is 0 Å². The van der Waals surface area contributed by atoms with Gasteiger partial charge in [-0.1, -0.05) is 55.3 Å². The highest BCUT2D eigenvalue weighted by Crippen LogP contribution is 2.21. The van der Waals surface area contributed by atoms with Gasteiger partial charge < -0.3 is 4.74 Å². The molecule has 1 fully saturated rings. The summed E-state index contributed by atoms with van der Waals surface area (Å²) in [6.45, 7) is 2.63. The fourth-order valence-electron chi connectivity index (χ4n) is 3.45. The number of hydrogen-bond acceptors (Lipinski definition) is 5. The number of nitrogens with zero attached hydrogens (tertiary/aromatic N) is 1. The molecular weight excluding hydrogens is 414 g/mol. The molecule has 0 bridgehead atoms. The van der Waals surface area contributed by atoms with Crippen molar-refractivity contribution >= 4 is 27.9 Å². The van der Waals surface area contributed by atoms with Crippen molar-refractivity contribution in [3.8, 4) is 0 Å². The van der Waals surface area contributed by atoms with Crippen LogP contribution >= 0.6 is 0 Å². The van der Waals surface area contributed by atoms with Crippen molar-refractivity contribution in [2.75, 3.05) is 13.1 Å². The van der Waals surface area contributed by atoms with Gasteiger partial charge in [-0.25, -0.2) is 13.2 Å². The molecule has 164 valence electrons. The quantitative estimate of drug-likeness (QED) is 0.367. The third kappa shape index (κ3) is 6.12. The van der Waals surface area contributed by atoms with Gasteiger partial charge in [-0.15, -0.1) is 0 Å². The second-order valence-electron chi connectivity index (χ2n) is 7.53. The molecule has 1 heterocycles. The second kappa shape index (κ2) is 10.5. The van der Waals surface area contributed by atoms with Crippen molar-refractivity contribution in [2.24, 2.45) is 0 Å². The van der Waals surface area contributed by atoms with Gasteiger partial charge in [0.2, 0.25) is 15.8 Å². The van der Waals surface area contributed by atoms with E-state index in [2.05, 4.69) is 0 Å². The van der Waals surface area contributed by atoms with Crippen LogP contribution in [0, 0.1) is 0 Å². The molecule has 0 N–H and O–H groups in total. The maximum atomic E-state index is 12.8. The van der Waals surface area contributed by atoms with Gasteiger partial charge >= 0.3 is 5.97 Å². The molecule has 1 aliphatic heterocycles. The third-order valence-electron chi connectivity index (χ3n) is 5.22. The van der Waals surface area contributed by atoms with Gasteiger partial charge in [0.15, 0.2) is 6.10 Å². The number of hydrogen-bond donors (Lipinski definition) is 0. The van der Waals surface area contributed by atoms with Crippen LogP contribution in [0.2, 0.25) is 0 Å². The topological polar surface area (TPSA) is 80.8 Å². The van der Waals surface area contributed by atoms with Crippen LogP contribution in [0.1, 0.15) is 48.5 Å². The molecule has 6 nitrogen and oxygen atoms in total. The molecule has 1 saturated heterocycles. The highest BCUT2D eigenvalue weighted by Gasteiger charge is 2.24. The minimum atomic E-state index is -3.51. The molecule has 1 aliphatic rings. The average Bonchev–Trinajstić information content (AvgIpc) is 3.08. The minimum absolute atomic E-state index is 0.246. The first-order valence-electron chi connectivity index (χ1n) is 10.5. The summed E-state index contributed by atoms with van der Waals surface area (Å²) in [5, 5.41) is 0. The maximum absolute atomic E-state index is 12.8. The van der Waals surface area contributed by atoms with E-state index in [9.17, 15) is 18.0 Å². The summed E-state index contributed by atoms with van der Waals surface area (Å²) in [5.41, 5.74) is 1.14. The molecule has 3 rings (SSSR count). The fraction of sp³-hybridized carbons (Fsp3) is 0.333. The Bertz CT molecular complexity index is 1020. The summed E-state index contributed by atoms with van der Waals surface area (Å²) in [6.07, 6.45) is 5.74. The highest BCUT2D eigenvalue weighted by atomic mass is 32.2. The van der Waals surface area contributed by atoms with E-state index >= 15 is 0 Å². The van der Waals surface area contributed by atoms with E-state index < -0.39 is 22.1 Å². The first-order chi connectivity index (χ1) is 14.9. The number of ketones is 1. The van der Waals surface area contributed by atoms with Crippen LogP contribution < -0.4 is 0 Å². The van der Waals surface area contributed by atoms with Crippen molar-refractivity contribution in [3.63, 3.8) is 0 Å². The van der Waals surface area contributed by atoms with Crippen molar-refractivity contribution in [1.82, 2.24) is 4.31 Å². The SMILES string of the molecule is CC(OC(=O)/C=C/c1ccc(S(=O)(=O)N2CCCCCC2)cc1)C(=O)c1ccccc1. The van der Waals surface area contributed by atoms with Gasteiger partial charge in [0, 0.05) is 24.7 Å². The lowest BCUT2D eigenvalue weighted by Crippen LogP contribution is -2.31. The normalized spacial score (nSPS) is 16.5. The lowest BCUT2D eigenvalue weighted by atomic mass is 10.1. The zero-order valence-electron chi connectivity index (χ0n) is 17.6. The molecule has 0 aliphatic carbocycles. The molecular formula is C24H27NO5S. The van der Waals surface area contributed by atoms with Gasteiger partial charge in [-0.2, -0.15) is 4.31 Å². The van der Waals surface area contributed by atoms with Crippen LogP contribution in [0.5, 0.6) is 0 Å². The molecule has 31 heavy (non-hydrogen) atoms. The van der Waals surface area contributed by atoms with Gasteiger partial charge in [0.25, 0.3) is 0 Å². The second-order valence-corrected chi connectivity index (χ2v) is 9.47. The van der Waals surface area contributed by atoms with E-state index in [0.717, 1.165) is 25.7 Å². The van der Waals surface area contributed by atoms with E-state index in [4.69, 9.17) is 4.74 Å². The molecule has 2 aromatic carbocycles. The molecule has 1 unspecified atom stereocenters. The largest absolute Gasteiger partial charge is 0.451 e. The van der Waals surface area contributed by atoms with Crippen molar-refractivity contribution in [1.29, 1.82) is 0 Å². The Hall–Kier alpha value is -2.77. The summed E-state index contributed by atoms with van der Waals surface area (Å²) >= 11 is 0. The fourth-order valence-corrected chi connectivity index (χ4v) is 4.97. The van der Waals surface area contributed by atoms with Crippen LogP contribution in [0.25, 0.3) is 6.08 Å². The average molecular weight is 442 g/mol. The first kappa shape index (κ1) is 22.9. The number of sulfonamides is 1. The molecule has 0 radical (unpaired) electrons. The van der Waals surface area contributed by atoms with E-state index in [0.29, 0.717) is 24.2 Å². The predicted molar refractivity (Wildman–Crippen MR) is 119 cm³/mol. The Labute approximate surface area is 183 Å². The molecule has 1 atom stereocenters. The van der Waals surface area contributed by atoms with Gasteiger partial charge in [-0.3, -0.25) is 4.79 Å². The standard InChI is InChI=1S/C24H27NO5S/c1-19(24(27)21-9-5-4-6-10-21)30-23(26)16-13-20-11-14-22(15-12-20)31(28,29)25-17-7-2-3-8-18-25/h4-6,9-16,19H,2-3,7-8,17-18H2,1H3/b16-13+. The Morgan fingerprint density at radius 1 is 0.935 bits per heavy atom. The molecule has 0 amide bonds. The van der Waals surface area contributed by atoms with Crippen molar-refractivity contribution < 1.29 is 22.7 Å². The number of rotatable bonds is 7. The Morgan fingerprint density at radius 3 is 2.16 bits per heavy atom. The third-order valence-corrected chi connectivity index (χ3v) is 7.13. The van der Waals surface area contributed by atoms with E-state index in [1.165, 1.54) is 19.1 Å². The zero-order valence-corrected chi connectivity index (χ0v) is 18.4. The van der Waals surface area contributed by atoms with Crippen molar-refractivity contribution in [2.45, 2.75) is 43.6 Å². The molecule has 0 saturated carbocycles. The molecule has 0 spiro atoms. The van der Waals surface area contributed by atoms with Crippen LogP contribution in [0.3, 0.4) is 0 Å². The lowest BCUT2D eigenvalue weighted by molar-refractivity contribution is -0.140. The first-order valence-corrected chi connectivity index (χ1v) is 11.9. The van der Waals surface area contributed by atoms with E-state index in [-0.39, 0.29) is 10.7 Å². The highest BCUT2D eigenvalue weighted by molar-refractivity contribution is 7.89. The Balaban J connectivity index is 1.60.